The van der Waals surface area contributed by atoms with Crippen LogP contribution in [0.5, 0.6) is 0 Å². The lowest BCUT2D eigenvalue weighted by atomic mass is 10.1. The number of para-hydroxylation sites is 1. The van der Waals surface area contributed by atoms with Crippen molar-refractivity contribution in [2.24, 2.45) is 5.92 Å². The van der Waals surface area contributed by atoms with Crippen LogP contribution in [0.1, 0.15) is 6.42 Å². The molecule has 5 nitrogen and oxygen atoms in total. The fourth-order valence-corrected chi connectivity index (χ4v) is 3.12. The third kappa shape index (κ3) is 2.18. The van der Waals surface area contributed by atoms with Gasteiger partial charge in [0.25, 0.3) is 0 Å². The van der Waals surface area contributed by atoms with Gasteiger partial charge in [-0.1, -0.05) is 23.5 Å². The van der Waals surface area contributed by atoms with E-state index >= 15 is 0 Å². The number of anilines is 1. The molecule has 1 aliphatic rings. The summed E-state index contributed by atoms with van der Waals surface area (Å²) in [5, 5.41) is 12.8. The fourth-order valence-electron chi connectivity index (χ4n) is 2.19. The summed E-state index contributed by atoms with van der Waals surface area (Å²) in [6.45, 7) is 1.47. The van der Waals surface area contributed by atoms with E-state index in [9.17, 15) is 10.1 Å². The van der Waals surface area contributed by atoms with Gasteiger partial charge in [-0.3, -0.25) is 4.79 Å². The average Bonchev–Trinajstić information content (AvgIpc) is 3.08. The van der Waals surface area contributed by atoms with E-state index in [1.165, 1.54) is 11.3 Å². The summed E-state index contributed by atoms with van der Waals surface area (Å²) in [6.07, 6.45) is 2.74. The molecule has 0 spiro atoms. The van der Waals surface area contributed by atoms with Gasteiger partial charge in [-0.15, -0.1) is 0 Å². The number of carbonyl (C=O) groups excluding carboxylic acids is 1. The second-order valence-electron chi connectivity index (χ2n) is 4.43. The monoisotopic (exact) mass is 272 g/mol. The SMILES string of the molecule is N#CN(C(=O)C1CCNC1)c1nc2ccccc2s1. The summed E-state index contributed by atoms with van der Waals surface area (Å²) in [6, 6.07) is 7.63. The number of nitrogens with one attached hydrogen (secondary N) is 1. The molecule has 19 heavy (non-hydrogen) atoms. The molecule has 1 fully saturated rings. The van der Waals surface area contributed by atoms with Crippen LogP contribution in [-0.2, 0) is 4.79 Å². The number of hydrogen-bond acceptors (Lipinski definition) is 5. The molecule has 1 aromatic carbocycles. The van der Waals surface area contributed by atoms with Gasteiger partial charge in [0.15, 0.2) is 6.19 Å². The number of carbonyl (C=O) groups is 1. The molecule has 1 unspecified atom stereocenters. The number of nitrogens with zero attached hydrogens (tertiary/aromatic N) is 3. The molecule has 2 aromatic rings. The summed E-state index contributed by atoms with van der Waals surface area (Å²) in [5.74, 6) is -0.279. The lowest BCUT2D eigenvalue weighted by Crippen LogP contribution is -2.33. The van der Waals surface area contributed by atoms with Crippen LogP contribution in [0, 0.1) is 17.4 Å². The topological polar surface area (TPSA) is 69.0 Å². The molecule has 3 rings (SSSR count). The Balaban J connectivity index is 1.93. The molecule has 96 valence electrons. The maximum Gasteiger partial charge on any atom is 0.246 e. The lowest BCUT2D eigenvalue weighted by molar-refractivity contribution is -0.121. The van der Waals surface area contributed by atoms with Crippen molar-refractivity contribution >= 4 is 32.6 Å². The Morgan fingerprint density at radius 3 is 3.05 bits per heavy atom. The van der Waals surface area contributed by atoms with E-state index in [0.29, 0.717) is 11.7 Å². The third-order valence-corrected chi connectivity index (χ3v) is 4.23. The number of fused-ring (bicyclic) bond motifs is 1. The van der Waals surface area contributed by atoms with Crippen LogP contribution in [0.15, 0.2) is 24.3 Å². The summed E-state index contributed by atoms with van der Waals surface area (Å²) < 4.78 is 0.982. The normalized spacial score (nSPS) is 18.4. The van der Waals surface area contributed by atoms with Gasteiger partial charge in [0, 0.05) is 6.54 Å². The Labute approximate surface area is 114 Å². The molecular formula is C13H12N4OS. The van der Waals surface area contributed by atoms with E-state index < -0.39 is 0 Å². The van der Waals surface area contributed by atoms with E-state index in [-0.39, 0.29) is 11.8 Å². The average molecular weight is 272 g/mol. The number of hydrogen-bond donors (Lipinski definition) is 1. The zero-order valence-electron chi connectivity index (χ0n) is 10.2. The molecule has 1 amide bonds. The summed E-state index contributed by atoms with van der Waals surface area (Å²) >= 11 is 1.37. The number of nitriles is 1. The van der Waals surface area contributed by atoms with E-state index in [2.05, 4.69) is 10.3 Å². The van der Waals surface area contributed by atoms with E-state index in [0.717, 1.165) is 28.1 Å². The van der Waals surface area contributed by atoms with Gasteiger partial charge in [-0.25, -0.2) is 4.98 Å². The Bertz CT molecular complexity index is 621. The quantitative estimate of drug-likeness (QED) is 0.667. The lowest BCUT2D eigenvalue weighted by Gasteiger charge is -2.14. The highest BCUT2D eigenvalue weighted by Gasteiger charge is 2.29. The maximum absolute atomic E-state index is 12.3. The van der Waals surface area contributed by atoms with Crippen LogP contribution >= 0.6 is 11.3 Å². The number of thiazole rings is 1. The van der Waals surface area contributed by atoms with Crippen molar-refractivity contribution in [3.05, 3.63) is 24.3 Å². The number of amides is 1. The second kappa shape index (κ2) is 4.96. The molecule has 6 heteroatoms. The molecule has 2 heterocycles. The molecule has 0 aliphatic carbocycles. The van der Waals surface area contributed by atoms with Crippen molar-refractivity contribution in [1.82, 2.24) is 10.3 Å². The van der Waals surface area contributed by atoms with Gasteiger partial charge in [0.2, 0.25) is 11.0 Å². The van der Waals surface area contributed by atoms with Crippen LogP contribution < -0.4 is 10.2 Å². The van der Waals surface area contributed by atoms with Crippen molar-refractivity contribution in [1.29, 1.82) is 5.26 Å². The van der Waals surface area contributed by atoms with E-state index in [1.54, 1.807) is 0 Å². The molecule has 0 bridgehead atoms. The molecule has 0 radical (unpaired) electrons. The molecule has 1 saturated heterocycles. The number of aromatic nitrogens is 1. The largest absolute Gasteiger partial charge is 0.316 e. The zero-order chi connectivity index (χ0) is 13.2. The van der Waals surface area contributed by atoms with Crippen LogP contribution in [0.4, 0.5) is 5.13 Å². The van der Waals surface area contributed by atoms with Crippen molar-refractivity contribution in [3.8, 4) is 6.19 Å². The standard InChI is InChI=1S/C13H12N4OS/c14-8-17(12(18)9-5-6-15-7-9)13-16-10-3-1-2-4-11(10)19-13/h1-4,9,15H,5-7H2. The Morgan fingerprint density at radius 1 is 1.53 bits per heavy atom. The molecule has 1 aliphatic heterocycles. The van der Waals surface area contributed by atoms with E-state index in [4.69, 9.17) is 0 Å². The Morgan fingerprint density at radius 2 is 2.37 bits per heavy atom. The highest BCUT2D eigenvalue weighted by Crippen LogP contribution is 2.29. The minimum atomic E-state index is -0.161. The van der Waals surface area contributed by atoms with Crippen molar-refractivity contribution in [3.63, 3.8) is 0 Å². The van der Waals surface area contributed by atoms with Gasteiger partial charge in [-0.2, -0.15) is 10.2 Å². The minimum Gasteiger partial charge on any atom is -0.316 e. The predicted octanol–water partition coefficient (Wildman–Crippen LogP) is 1.72. The van der Waals surface area contributed by atoms with Crippen LogP contribution in [0.3, 0.4) is 0 Å². The van der Waals surface area contributed by atoms with Crippen LogP contribution in [-0.4, -0.2) is 24.0 Å². The minimum absolute atomic E-state index is 0.119. The highest BCUT2D eigenvalue weighted by atomic mass is 32.1. The molecule has 1 N–H and O–H groups in total. The van der Waals surface area contributed by atoms with Crippen molar-refractivity contribution in [2.75, 3.05) is 18.0 Å². The molecule has 0 saturated carbocycles. The summed E-state index contributed by atoms with van der Waals surface area (Å²) in [5.41, 5.74) is 0.820. The second-order valence-corrected chi connectivity index (χ2v) is 5.44. The van der Waals surface area contributed by atoms with Gasteiger partial charge in [-0.05, 0) is 25.1 Å². The molecule has 1 atom stereocenters. The fraction of sp³-hybridized carbons (Fsp3) is 0.308. The first-order valence-electron chi connectivity index (χ1n) is 6.09. The van der Waals surface area contributed by atoms with Crippen molar-refractivity contribution in [2.45, 2.75) is 6.42 Å². The van der Waals surface area contributed by atoms with Gasteiger partial charge in [0.05, 0.1) is 16.1 Å². The number of benzene rings is 1. The highest BCUT2D eigenvalue weighted by molar-refractivity contribution is 7.22. The predicted molar refractivity (Wildman–Crippen MR) is 73.7 cm³/mol. The first-order valence-corrected chi connectivity index (χ1v) is 6.91. The summed E-state index contributed by atoms with van der Waals surface area (Å²) in [7, 11) is 0. The van der Waals surface area contributed by atoms with Crippen LogP contribution in [0.2, 0.25) is 0 Å². The molecular weight excluding hydrogens is 260 g/mol. The van der Waals surface area contributed by atoms with Crippen LogP contribution in [0.25, 0.3) is 10.2 Å². The third-order valence-electron chi connectivity index (χ3n) is 3.20. The Kier molecular flexibility index (Phi) is 3.15. The van der Waals surface area contributed by atoms with Gasteiger partial charge >= 0.3 is 0 Å². The van der Waals surface area contributed by atoms with Gasteiger partial charge in [0.1, 0.15) is 0 Å². The van der Waals surface area contributed by atoms with E-state index in [1.807, 2.05) is 30.5 Å². The first kappa shape index (κ1) is 12.1. The maximum atomic E-state index is 12.3. The smallest absolute Gasteiger partial charge is 0.246 e. The zero-order valence-corrected chi connectivity index (χ0v) is 11.0. The number of rotatable bonds is 2. The van der Waals surface area contributed by atoms with Crippen molar-refractivity contribution < 1.29 is 4.79 Å². The summed E-state index contributed by atoms with van der Waals surface area (Å²) in [4.78, 5) is 17.8. The van der Waals surface area contributed by atoms with Gasteiger partial charge < -0.3 is 5.32 Å². The molecule has 1 aromatic heterocycles. The first-order chi connectivity index (χ1) is 9.29. The Hall–Kier alpha value is -1.97.